The molecule has 0 atom stereocenters. The van der Waals surface area contributed by atoms with E-state index in [1.807, 2.05) is 4.90 Å². The minimum absolute atomic E-state index is 0.0197. The number of piperazine rings is 1. The molecule has 0 aromatic rings. The van der Waals surface area contributed by atoms with Gasteiger partial charge in [0.25, 0.3) is 0 Å². The van der Waals surface area contributed by atoms with E-state index in [1.54, 1.807) is 4.90 Å². The Morgan fingerprint density at radius 3 is 2.60 bits per heavy atom. The molecule has 8 nitrogen and oxygen atoms in total. The highest BCUT2D eigenvalue weighted by atomic mass is 16.2. The molecule has 0 unspecified atom stereocenters. The molecule has 2 rings (SSSR count). The van der Waals surface area contributed by atoms with Crippen LogP contribution in [-0.2, 0) is 14.4 Å². The van der Waals surface area contributed by atoms with Crippen molar-refractivity contribution in [2.45, 2.75) is 12.8 Å². The van der Waals surface area contributed by atoms with Crippen LogP contribution in [0.4, 0.5) is 0 Å². The maximum absolute atomic E-state index is 12.1. The Labute approximate surface area is 117 Å². The summed E-state index contributed by atoms with van der Waals surface area (Å²) in [6.45, 7) is 2.96. The summed E-state index contributed by atoms with van der Waals surface area (Å²) in [5.74, 6) is 4.82. The highest BCUT2D eigenvalue weighted by Gasteiger charge is 2.28. The normalized spacial score (nSPS) is 21.4. The Kier molecular flexibility index (Phi) is 4.91. The van der Waals surface area contributed by atoms with Gasteiger partial charge in [0.05, 0.1) is 13.1 Å². The van der Waals surface area contributed by atoms with Gasteiger partial charge in [-0.25, -0.2) is 5.84 Å². The zero-order valence-corrected chi connectivity index (χ0v) is 11.4. The lowest BCUT2D eigenvalue weighted by molar-refractivity contribution is -0.137. The molecule has 0 aromatic heterocycles. The second-order valence-electron chi connectivity index (χ2n) is 5.22. The molecule has 4 N–H and O–H groups in total. The first-order chi connectivity index (χ1) is 9.60. The smallest absolute Gasteiger partial charge is 0.237 e. The number of carbonyl (C=O) groups is 3. The van der Waals surface area contributed by atoms with Crippen molar-refractivity contribution in [1.29, 1.82) is 0 Å². The van der Waals surface area contributed by atoms with Crippen molar-refractivity contribution in [3.8, 4) is 0 Å². The van der Waals surface area contributed by atoms with Gasteiger partial charge in [-0.3, -0.25) is 24.7 Å². The molecule has 2 aliphatic heterocycles. The molecule has 2 aliphatic rings. The van der Waals surface area contributed by atoms with E-state index in [0.717, 1.165) is 0 Å². The summed E-state index contributed by atoms with van der Waals surface area (Å²) in [4.78, 5) is 38.4. The standard InChI is InChI=1S/C12H21N5O3/c13-15-12(20)9-1-4-17(5-2-9)11(19)8-16-6-3-14-10(18)7-16/h9H,1-8,13H2,(H,14,18)(H,15,20). The first-order valence-corrected chi connectivity index (χ1v) is 6.87. The molecule has 2 fully saturated rings. The third-order valence-corrected chi connectivity index (χ3v) is 3.84. The predicted octanol–water partition coefficient (Wildman–Crippen LogP) is -2.35. The largest absolute Gasteiger partial charge is 0.354 e. The molecule has 0 saturated carbocycles. The van der Waals surface area contributed by atoms with E-state index in [1.165, 1.54) is 0 Å². The number of hydrogen-bond donors (Lipinski definition) is 3. The topological polar surface area (TPSA) is 108 Å². The van der Waals surface area contributed by atoms with Gasteiger partial charge >= 0.3 is 0 Å². The van der Waals surface area contributed by atoms with Gasteiger partial charge in [-0.05, 0) is 12.8 Å². The van der Waals surface area contributed by atoms with E-state index in [0.29, 0.717) is 39.0 Å². The monoisotopic (exact) mass is 283 g/mol. The van der Waals surface area contributed by atoms with Crippen LogP contribution in [0, 0.1) is 5.92 Å². The molecule has 2 saturated heterocycles. The Balaban J connectivity index is 1.77. The second-order valence-corrected chi connectivity index (χ2v) is 5.22. The number of amides is 3. The summed E-state index contributed by atoms with van der Waals surface area (Å²) in [5, 5.41) is 2.73. The SMILES string of the molecule is NNC(=O)C1CCN(C(=O)CN2CCNC(=O)C2)CC1. The lowest BCUT2D eigenvalue weighted by atomic mass is 9.96. The van der Waals surface area contributed by atoms with Crippen LogP contribution in [0.2, 0.25) is 0 Å². The van der Waals surface area contributed by atoms with Gasteiger partial charge in [0.15, 0.2) is 0 Å². The van der Waals surface area contributed by atoms with E-state index < -0.39 is 0 Å². The number of nitrogens with zero attached hydrogens (tertiary/aromatic N) is 2. The summed E-state index contributed by atoms with van der Waals surface area (Å²) < 4.78 is 0. The number of piperidine rings is 1. The molecular formula is C12H21N5O3. The van der Waals surface area contributed by atoms with Crippen LogP contribution in [0.15, 0.2) is 0 Å². The molecule has 8 heteroatoms. The van der Waals surface area contributed by atoms with Gasteiger partial charge in [-0.15, -0.1) is 0 Å². The van der Waals surface area contributed by atoms with Crippen LogP contribution in [0.25, 0.3) is 0 Å². The molecule has 0 bridgehead atoms. The fraction of sp³-hybridized carbons (Fsp3) is 0.750. The minimum atomic E-state index is -0.162. The van der Waals surface area contributed by atoms with Crippen LogP contribution >= 0.6 is 0 Å². The number of hydrogen-bond acceptors (Lipinski definition) is 5. The van der Waals surface area contributed by atoms with E-state index in [-0.39, 0.29) is 36.7 Å². The second kappa shape index (κ2) is 6.67. The van der Waals surface area contributed by atoms with Gasteiger partial charge in [-0.2, -0.15) is 0 Å². The molecule has 0 radical (unpaired) electrons. The van der Waals surface area contributed by atoms with Crippen LogP contribution in [0.5, 0.6) is 0 Å². The molecule has 20 heavy (non-hydrogen) atoms. The summed E-state index contributed by atoms with van der Waals surface area (Å²) in [5.41, 5.74) is 2.15. The summed E-state index contributed by atoms with van der Waals surface area (Å²) >= 11 is 0. The summed E-state index contributed by atoms with van der Waals surface area (Å²) in [6.07, 6.45) is 1.27. The van der Waals surface area contributed by atoms with Gasteiger partial charge < -0.3 is 10.2 Å². The molecule has 3 amide bonds. The Bertz CT molecular complexity index is 393. The van der Waals surface area contributed by atoms with E-state index in [4.69, 9.17) is 5.84 Å². The quantitative estimate of drug-likeness (QED) is 0.305. The first kappa shape index (κ1) is 14.7. The van der Waals surface area contributed by atoms with Crippen molar-refractivity contribution in [3.63, 3.8) is 0 Å². The van der Waals surface area contributed by atoms with Crippen molar-refractivity contribution >= 4 is 17.7 Å². The molecule has 112 valence electrons. The molecule has 0 aliphatic carbocycles. The predicted molar refractivity (Wildman–Crippen MR) is 71.1 cm³/mol. The average Bonchev–Trinajstić information content (AvgIpc) is 2.46. The fourth-order valence-corrected chi connectivity index (χ4v) is 2.63. The third kappa shape index (κ3) is 3.67. The van der Waals surface area contributed by atoms with Crippen molar-refractivity contribution in [2.75, 3.05) is 39.3 Å². The van der Waals surface area contributed by atoms with Crippen molar-refractivity contribution in [2.24, 2.45) is 11.8 Å². The zero-order chi connectivity index (χ0) is 14.5. The van der Waals surface area contributed by atoms with Gasteiger partial charge in [0.2, 0.25) is 17.7 Å². The maximum Gasteiger partial charge on any atom is 0.237 e. The average molecular weight is 283 g/mol. The zero-order valence-electron chi connectivity index (χ0n) is 11.4. The maximum atomic E-state index is 12.1. The van der Waals surface area contributed by atoms with Crippen molar-refractivity contribution in [3.05, 3.63) is 0 Å². The van der Waals surface area contributed by atoms with Crippen LogP contribution in [0.3, 0.4) is 0 Å². The van der Waals surface area contributed by atoms with Crippen LogP contribution in [0.1, 0.15) is 12.8 Å². The minimum Gasteiger partial charge on any atom is -0.354 e. The van der Waals surface area contributed by atoms with Gasteiger partial charge in [0.1, 0.15) is 0 Å². The van der Waals surface area contributed by atoms with Crippen LogP contribution < -0.4 is 16.6 Å². The first-order valence-electron chi connectivity index (χ1n) is 6.87. The number of nitrogens with two attached hydrogens (primary N) is 1. The van der Waals surface area contributed by atoms with E-state index in [9.17, 15) is 14.4 Å². The number of nitrogens with one attached hydrogen (secondary N) is 2. The molecule has 0 spiro atoms. The molecular weight excluding hydrogens is 262 g/mol. The highest BCUT2D eigenvalue weighted by Crippen LogP contribution is 2.17. The lowest BCUT2D eigenvalue weighted by Gasteiger charge is -2.33. The van der Waals surface area contributed by atoms with E-state index in [2.05, 4.69) is 10.7 Å². The Morgan fingerprint density at radius 1 is 1.30 bits per heavy atom. The van der Waals surface area contributed by atoms with Gasteiger partial charge in [0, 0.05) is 32.1 Å². The molecule has 0 aromatic carbocycles. The number of likely N-dealkylation sites (tertiary alicyclic amines) is 1. The fourth-order valence-electron chi connectivity index (χ4n) is 2.63. The number of rotatable bonds is 3. The van der Waals surface area contributed by atoms with E-state index >= 15 is 0 Å². The van der Waals surface area contributed by atoms with Crippen LogP contribution in [-0.4, -0.2) is 66.8 Å². The number of carbonyl (C=O) groups excluding carboxylic acids is 3. The number of hydrazine groups is 1. The lowest BCUT2D eigenvalue weighted by Crippen LogP contribution is -2.52. The molecule has 2 heterocycles. The third-order valence-electron chi connectivity index (χ3n) is 3.84. The summed E-state index contributed by atoms with van der Waals surface area (Å²) in [7, 11) is 0. The summed E-state index contributed by atoms with van der Waals surface area (Å²) in [6, 6.07) is 0. The van der Waals surface area contributed by atoms with Gasteiger partial charge in [-0.1, -0.05) is 0 Å². The van der Waals surface area contributed by atoms with Crippen molar-refractivity contribution < 1.29 is 14.4 Å². The highest BCUT2D eigenvalue weighted by molar-refractivity contribution is 5.82. The Hall–Kier alpha value is -1.67. The Morgan fingerprint density at radius 2 is 2.00 bits per heavy atom. The van der Waals surface area contributed by atoms with Crippen molar-refractivity contribution in [1.82, 2.24) is 20.5 Å².